The van der Waals surface area contributed by atoms with Gasteiger partial charge in [0, 0.05) is 6.54 Å². The van der Waals surface area contributed by atoms with Gasteiger partial charge in [0.1, 0.15) is 5.82 Å². The highest BCUT2D eigenvalue weighted by molar-refractivity contribution is 5.53. The second-order valence-electron chi connectivity index (χ2n) is 3.85. The number of anilines is 2. The number of ether oxygens (including phenoxy) is 1. The zero-order valence-electron chi connectivity index (χ0n) is 10.4. The minimum atomic E-state index is -0.352. The molecule has 0 fully saturated rings. The van der Waals surface area contributed by atoms with E-state index in [0.717, 1.165) is 12.8 Å². The van der Waals surface area contributed by atoms with E-state index >= 15 is 0 Å². The number of aliphatic hydroxyl groups excluding tert-OH is 1. The molecule has 1 heterocycles. The average Bonchev–Trinajstić information content (AvgIpc) is 2.31. The fourth-order valence-corrected chi connectivity index (χ4v) is 1.46. The number of nitrogens with one attached hydrogen (secondary N) is 1. The molecular weight excluding hydrogens is 218 g/mol. The van der Waals surface area contributed by atoms with Crippen molar-refractivity contribution in [1.82, 2.24) is 4.98 Å². The molecule has 0 aromatic carbocycles. The minimum Gasteiger partial charge on any atom is -0.476 e. The Kier molecular flexibility index (Phi) is 5.56. The minimum absolute atomic E-state index is 0.352. The predicted molar refractivity (Wildman–Crippen MR) is 69.2 cm³/mol. The summed E-state index contributed by atoms with van der Waals surface area (Å²) in [5, 5.41) is 12.7. The standard InChI is InChI=1S/C12H21N3O2/c1-3-5-9(16)8-14-11-7-6-10(13)12(15-11)17-4-2/h6-7,9,16H,3-5,8,13H2,1-2H3,(H,14,15). The maximum Gasteiger partial charge on any atom is 0.239 e. The number of aliphatic hydroxyl groups is 1. The summed E-state index contributed by atoms with van der Waals surface area (Å²) in [4.78, 5) is 4.22. The van der Waals surface area contributed by atoms with E-state index in [1.807, 2.05) is 13.8 Å². The summed E-state index contributed by atoms with van der Waals surface area (Å²) >= 11 is 0. The van der Waals surface area contributed by atoms with E-state index in [0.29, 0.717) is 30.5 Å². The van der Waals surface area contributed by atoms with Gasteiger partial charge in [0.25, 0.3) is 0 Å². The molecule has 1 aromatic heterocycles. The number of nitrogens with two attached hydrogens (primary N) is 1. The normalized spacial score (nSPS) is 12.2. The number of nitrogen functional groups attached to an aromatic ring is 1. The Morgan fingerprint density at radius 1 is 1.47 bits per heavy atom. The maximum atomic E-state index is 9.59. The van der Waals surface area contributed by atoms with E-state index in [9.17, 15) is 5.11 Å². The number of nitrogens with zero attached hydrogens (tertiary/aromatic N) is 1. The topological polar surface area (TPSA) is 80.4 Å². The molecule has 0 aliphatic carbocycles. The Labute approximate surface area is 102 Å². The van der Waals surface area contributed by atoms with Crippen LogP contribution in [0.1, 0.15) is 26.7 Å². The summed E-state index contributed by atoms with van der Waals surface area (Å²) in [5.41, 5.74) is 6.23. The number of rotatable bonds is 7. The summed E-state index contributed by atoms with van der Waals surface area (Å²) in [5.74, 6) is 1.10. The molecule has 96 valence electrons. The highest BCUT2D eigenvalue weighted by Gasteiger charge is 2.06. The molecule has 0 radical (unpaired) electrons. The number of hydrogen-bond donors (Lipinski definition) is 3. The summed E-state index contributed by atoms with van der Waals surface area (Å²) in [6.07, 6.45) is 1.39. The molecule has 1 aromatic rings. The zero-order chi connectivity index (χ0) is 12.7. The number of hydrogen-bond acceptors (Lipinski definition) is 5. The van der Waals surface area contributed by atoms with Crippen LogP contribution in [0.3, 0.4) is 0 Å². The van der Waals surface area contributed by atoms with Crippen LogP contribution in [0.15, 0.2) is 12.1 Å². The van der Waals surface area contributed by atoms with Crippen molar-refractivity contribution in [3.05, 3.63) is 12.1 Å². The lowest BCUT2D eigenvalue weighted by Crippen LogP contribution is -2.19. The second kappa shape index (κ2) is 6.96. The van der Waals surface area contributed by atoms with Crippen molar-refractivity contribution in [2.24, 2.45) is 0 Å². The lowest BCUT2D eigenvalue weighted by molar-refractivity contribution is 0.176. The number of aromatic nitrogens is 1. The van der Waals surface area contributed by atoms with Gasteiger partial charge in [-0.25, -0.2) is 0 Å². The van der Waals surface area contributed by atoms with Crippen molar-refractivity contribution in [3.8, 4) is 5.88 Å². The van der Waals surface area contributed by atoms with E-state index < -0.39 is 0 Å². The predicted octanol–water partition coefficient (Wildman–Crippen LogP) is 1.64. The molecule has 1 rings (SSSR count). The molecule has 0 saturated carbocycles. The monoisotopic (exact) mass is 239 g/mol. The van der Waals surface area contributed by atoms with Gasteiger partial charge in [-0.15, -0.1) is 0 Å². The van der Waals surface area contributed by atoms with E-state index in [1.165, 1.54) is 0 Å². The van der Waals surface area contributed by atoms with Crippen LogP contribution in [0.25, 0.3) is 0 Å². The summed E-state index contributed by atoms with van der Waals surface area (Å²) < 4.78 is 5.29. The first-order valence-corrected chi connectivity index (χ1v) is 5.98. The van der Waals surface area contributed by atoms with E-state index in [2.05, 4.69) is 10.3 Å². The van der Waals surface area contributed by atoms with Gasteiger partial charge in [-0.2, -0.15) is 4.98 Å². The van der Waals surface area contributed by atoms with E-state index in [1.54, 1.807) is 12.1 Å². The van der Waals surface area contributed by atoms with Gasteiger partial charge in [-0.1, -0.05) is 13.3 Å². The molecule has 5 nitrogen and oxygen atoms in total. The molecule has 0 aliphatic rings. The quantitative estimate of drug-likeness (QED) is 0.674. The summed E-state index contributed by atoms with van der Waals surface area (Å²) in [6.45, 7) is 4.93. The van der Waals surface area contributed by atoms with Crippen molar-refractivity contribution in [2.45, 2.75) is 32.8 Å². The van der Waals surface area contributed by atoms with Crippen LogP contribution in [-0.4, -0.2) is 29.3 Å². The highest BCUT2D eigenvalue weighted by Crippen LogP contribution is 2.20. The Balaban J connectivity index is 2.56. The smallest absolute Gasteiger partial charge is 0.239 e. The van der Waals surface area contributed by atoms with Crippen LogP contribution >= 0.6 is 0 Å². The van der Waals surface area contributed by atoms with Gasteiger partial charge >= 0.3 is 0 Å². The second-order valence-corrected chi connectivity index (χ2v) is 3.85. The molecule has 0 amide bonds. The third-order valence-electron chi connectivity index (χ3n) is 2.31. The van der Waals surface area contributed by atoms with Crippen LogP contribution in [0.2, 0.25) is 0 Å². The Hall–Kier alpha value is -1.49. The van der Waals surface area contributed by atoms with Crippen LogP contribution in [0, 0.1) is 0 Å². The molecule has 4 N–H and O–H groups in total. The van der Waals surface area contributed by atoms with E-state index in [-0.39, 0.29) is 6.10 Å². The summed E-state index contributed by atoms with van der Waals surface area (Å²) in [7, 11) is 0. The van der Waals surface area contributed by atoms with Gasteiger partial charge in [0.2, 0.25) is 5.88 Å². The van der Waals surface area contributed by atoms with Crippen molar-refractivity contribution in [1.29, 1.82) is 0 Å². The first-order valence-electron chi connectivity index (χ1n) is 5.98. The molecule has 1 atom stereocenters. The summed E-state index contributed by atoms with van der Waals surface area (Å²) in [6, 6.07) is 3.52. The van der Waals surface area contributed by atoms with Gasteiger partial charge < -0.3 is 20.9 Å². The third-order valence-corrected chi connectivity index (χ3v) is 2.31. The molecule has 0 aliphatic heterocycles. The Bertz CT molecular complexity index is 345. The molecule has 0 spiro atoms. The van der Waals surface area contributed by atoms with Crippen LogP contribution in [0.5, 0.6) is 5.88 Å². The fraction of sp³-hybridized carbons (Fsp3) is 0.583. The first kappa shape index (κ1) is 13.6. The lowest BCUT2D eigenvalue weighted by atomic mass is 10.2. The van der Waals surface area contributed by atoms with Gasteiger partial charge in [-0.3, -0.25) is 0 Å². The SMILES string of the molecule is CCCC(O)CNc1ccc(N)c(OCC)n1. The molecule has 17 heavy (non-hydrogen) atoms. The highest BCUT2D eigenvalue weighted by atomic mass is 16.5. The Morgan fingerprint density at radius 2 is 2.24 bits per heavy atom. The van der Waals surface area contributed by atoms with E-state index in [4.69, 9.17) is 10.5 Å². The maximum absolute atomic E-state index is 9.59. The van der Waals surface area contributed by atoms with Crippen LogP contribution in [0.4, 0.5) is 11.5 Å². The molecular formula is C12H21N3O2. The van der Waals surface area contributed by atoms with Crippen molar-refractivity contribution >= 4 is 11.5 Å². The molecule has 1 unspecified atom stereocenters. The fourth-order valence-electron chi connectivity index (χ4n) is 1.46. The third kappa shape index (κ3) is 4.48. The van der Waals surface area contributed by atoms with Crippen molar-refractivity contribution in [3.63, 3.8) is 0 Å². The number of pyridine rings is 1. The molecule has 5 heteroatoms. The lowest BCUT2D eigenvalue weighted by Gasteiger charge is -2.12. The van der Waals surface area contributed by atoms with Crippen LogP contribution in [-0.2, 0) is 0 Å². The average molecular weight is 239 g/mol. The zero-order valence-corrected chi connectivity index (χ0v) is 10.4. The van der Waals surface area contributed by atoms with Crippen LogP contribution < -0.4 is 15.8 Å². The largest absolute Gasteiger partial charge is 0.476 e. The first-order chi connectivity index (χ1) is 8.17. The van der Waals surface area contributed by atoms with Gasteiger partial charge in [0.05, 0.1) is 18.4 Å². The molecule has 0 bridgehead atoms. The van der Waals surface area contributed by atoms with Crippen molar-refractivity contribution < 1.29 is 9.84 Å². The van der Waals surface area contributed by atoms with Gasteiger partial charge in [0.15, 0.2) is 0 Å². The Morgan fingerprint density at radius 3 is 2.88 bits per heavy atom. The van der Waals surface area contributed by atoms with Gasteiger partial charge in [-0.05, 0) is 25.5 Å². The van der Waals surface area contributed by atoms with Crippen molar-refractivity contribution in [2.75, 3.05) is 24.2 Å². The molecule has 0 saturated heterocycles.